The molecule has 0 saturated carbocycles. The van der Waals surface area contributed by atoms with Crippen LogP contribution in [0, 0.1) is 0 Å². The van der Waals surface area contributed by atoms with Crippen LogP contribution in [-0.2, 0) is 4.79 Å². The van der Waals surface area contributed by atoms with Crippen LogP contribution in [0.4, 0.5) is 5.69 Å². The lowest BCUT2D eigenvalue weighted by atomic mass is 10.3. The maximum Gasteiger partial charge on any atom is 0.251 e. The number of halogens is 1. The van der Waals surface area contributed by atoms with Crippen molar-refractivity contribution in [1.29, 1.82) is 0 Å². The van der Waals surface area contributed by atoms with Crippen molar-refractivity contribution in [2.45, 2.75) is 17.3 Å². The van der Waals surface area contributed by atoms with E-state index >= 15 is 0 Å². The predicted octanol–water partition coefficient (Wildman–Crippen LogP) is 2.54. The quantitative estimate of drug-likeness (QED) is 0.672. The molecule has 0 radical (unpaired) electrons. The number of benzene rings is 1. The van der Waals surface area contributed by atoms with Crippen LogP contribution in [0.2, 0.25) is 5.02 Å². The summed E-state index contributed by atoms with van der Waals surface area (Å²) in [5.74, 6) is -0.191. The van der Waals surface area contributed by atoms with Crippen LogP contribution in [0.15, 0.2) is 46.5 Å². The van der Waals surface area contributed by atoms with Gasteiger partial charge in [-0.2, -0.15) is 0 Å². The van der Waals surface area contributed by atoms with Crippen molar-refractivity contribution in [3.8, 4) is 0 Å². The van der Waals surface area contributed by atoms with Gasteiger partial charge in [0.2, 0.25) is 5.91 Å². The molecule has 0 unspecified atom stereocenters. The van der Waals surface area contributed by atoms with Gasteiger partial charge in [-0.1, -0.05) is 29.4 Å². The largest absolute Gasteiger partial charge is 0.325 e. The maximum absolute atomic E-state index is 12.0. The number of aromatic amines is 1. The summed E-state index contributed by atoms with van der Waals surface area (Å²) in [5, 5.41) is 3.31. The maximum atomic E-state index is 12.0. The third-order valence-corrected chi connectivity index (χ3v) is 3.63. The molecule has 1 aromatic carbocycles. The Morgan fingerprint density at radius 2 is 2.25 bits per heavy atom. The third-order valence-electron chi connectivity index (χ3n) is 2.40. The Bertz CT molecular complexity index is 674. The Balaban J connectivity index is 2.00. The first-order chi connectivity index (χ1) is 9.54. The lowest BCUT2D eigenvalue weighted by Crippen LogP contribution is -2.23. The van der Waals surface area contributed by atoms with Crippen LogP contribution < -0.4 is 10.9 Å². The first kappa shape index (κ1) is 14.6. The first-order valence-corrected chi connectivity index (χ1v) is 7.09. The number of thioether (sulfide) groups is 1. The van der Waals surface area contributed by atoms with Gasteiger partial charge in [0.25, 0.3) is 5.56 Å². The molecule has 104 valence electrons. The zero-order valence-electron chi connectivity index (χ0n) is 10.6. The van der Waals surface area contributed by atoms with E-state index in [1.165, 1.54) is 24.0 Å². The van der Waals surface area contributed by atoms with Crippen LogP contribution in [0.25, 0.3) is 0 Å². The average Bonchev–Trinajstić information content (AvgIpc) is 2.38. The van der Waals surface area contributed by atoms with Gasteiger partial charge in [0.15, 0.2) is 5.16 Å². The topological polar surface area (TPSA) is 74.8 Å². The molecule has 2 aromatic rings. The molecule has 0 spiro atoms. The smallest absolute Gasteiger partial charge is 0.251 e. The Hall–Kier alpha value is -1.79. The van der Waals surface area contributed by atoms with E-state index < -0.39 is 5.25 Å². The first-order valence-electron chi connectivity index (χ1n) is 5.83. The van der Waals surface area contributed by atoms with E-state index in [9.17, 15) is 9.59 Å². The van der Waals surface area contributed by atoms with Gasteiger partial charge in [0.1, 0.15) is 0 Å². The number of nitrogens with zero attached hydrogens (tertiary/aromatic N) is 1. The molecule has 1 amide bonds. The third kappa shape index (κ3) is 4.11. The molecule has 0 aliphatic carbocycles. The molecule has 0 bridgehead atoms. The number of H-pyrrole nitrogens is 1. The van der Waals surface area contributed by atoms with Crippen molar-refractivity contribution in [1.82, 2.24) is 9.97 Å². The summed E-state index contributed by atoms with van der Waals surface area (Å²) in [6.07, 6.45) is 1.41. The normalized spacial score (nSPS) is 11.9. The van der Waals surface area contributed by atoms with Crippen molar-refractivity contribution < 1.29 is 4.79 Å². The summed E-state index contributed by atoms with van der Waals surface area (Å²) < 4.78 is 0. The molecule has 2 N–H and O–H groups in total. The standard InChI is InChI=1S/C13H12ClN3O2S/c1-8(20-13-15-6-5-11(18)17-13)12(19)16-10-4-2-3-9(14)7-10/h2-8H,1H3,(H,16,19)(H,15,17,18)/t8-/m0/s1. The van der Waals surface area contributed by atoms with E-state index in [1.54, 1.807) is 31.2 Å². The molecular formula is C13H12ClN3O2S. The molecule has 0 fully saturated rings. The molecule has 0 saturated heterocycles. The van der Waals surface area contributed by atoms with E-state index in [0.29, 0.717) is 15.9 Å². The second-order valence-electron chi connectivity index (χ2n) is 4.00. The number of aromatic nitrogens is 2. The fourth-order valence-electron chi connectivity index (χ4n) is 1.44. The highest BCUT2D eigenvalue weighted by Gasteiger charge is 2.15. The number of amides is 1. The van der Waals surface area contributed by atoms with Gasteiger partial charge in [0, 0.05) is 23.0 Å². The SMILES string of the molecule is C[C@H](Sc1nccc(=O)[nH]1)C(=O)Nc1cccc(Cl)c1. The number of hydrogen-bond acceptors (Lipinski definition) is 4. The van der Waals surface area contributed by atoms with Crippen molar-refractivity contribution in [3.05, 3.63) is 51.9 Å². The molecule has 7 heteroatoms. The van der Waals surface area contributed by atoms with E-state index in [1.807, 2.05) is 0 Å². The highest BCUT2D eigenvalue weighted by atomic mass is 35.5. The van der Waals surface area contributed by atoms with Gasteiger partial charge in [-0.15, -0.1) is 0 Å². The molecule has 20 heavy (non-hydrogen) atoms. The van der Waals surface area contributed by atoms with Crippen molar-refractivity contribution >= 4 is 35.0 Å². The molecule has 1 heterocycles. The van der Waals surface area contributed by atoms with Crippen molar-refractivity contribution in [2.24, 2.45) is 0 Å². The zero-order valence-corrected chi connectivity index (χ0v) is 12.2. The number of nitrogens with one attached hydrogen (secondary N) is 2. The minimum absolute atomic E-state index is 0.191. The fourth-order valence-corrected chi connectivity index (χ4v) is 2.42. The highest BCUT2D eigenvalue weighted by molar-refractivity contribution is 8.00. The zero-order chi connectivity index (χ0) is 14.5. The van der Waals surface area contributed by atoms with Gasteiger partial charge in [-0.25, -0.2) is 4.98 Å². The number of rotatable bonds is 4. The summed E-state index contributed by atoms with van der Waals surface area (Å²) in [6, 6.07) is 8.23. The molecule has 0 aliphatic heterocycles. The van der Waals surface area contributed by atoms with Gasteiger partial charge in [-0.3, -0.25) is 9.59 Å². The van der Waals surface area contributed by atoms with Gasteiger partial charge < -0.3 is 10.3 Å². The Kier molecular flexibility index (Phi) is 4.81. The minimum Gasteiger partial charge on any atom is -0.325 e. The van der Waals surface area contributed by atoms with Crippen molar-refractivity contribution in [3.63, 3.8) is 0 Å². The molecule has 1 atom stereocenters. The fraction of sp³-hybridized carbons (Fsp3) is 0.154. The van der Waals surface area contributed by atoms with Gasteiger partial charge in [-0.05, 0) is 25.1 Å². The Morgan fingerprint density at radius 3 is 2.95 bits per heavy atom. The van der Waals surface area contributed by atoms with Crippen LogP contribution in [0.1, 0.15) is 6.92 Å². The Morgan fingerprint density at radius 1 is 1.45 bits per heavy atom. The number of hydrogen-bond donors (Lipinski definition) is 2. The number of carbonyl (C=O) groups is 1. The molecule has 1 aromatic heterocycles. The summed E-state index contributed by atoms with van der Waals surface area (Å²) in [7, 11) is 0. The monoisotopic (exact) mass is 309 g/mol. The summed E-state index contributed by atoms with van der Waals surface area (Å²) >= 11 is 7.03. The molecule has 0 aliphatic rings. The van der Waals surface area contributed by atoms with E-state index in [2.05, 4.69) is 15.3 Å². The van der Waals surface area contributed by atoms with Gasteiger partial charge >= 0.3 is 0 Å². The van der Waals surface area contributed by atoms with E-state index in [4.69, 9.17) is 11.6 Å². The van der Waals surface area contributed by atoms with Crippen LogP contribution >= 0.6 is 23.4 Å². The second-order valence-corrected chi connectivity index (χ2v) is 5.76. The summed E-state index contributed by atoms with van der Waals surface area (Å²) in [6.45, 7) is 1.73. The second kappa shape index (κ2) is 6.58. The molecule has 5 nitrogen and oxygen atoms in total. The Labute approximate surface area is 124 Å². The number of carbonyl (C=O) groups excluding carboxylic acids is 1. The predicted molar refractivity (Wildman–Crippen MR) is 80.3 cm³/mol. The lowest BCUT2D eigenvalue weighted by Gasteiger charge is -2.11. The lowest BCUT2D eigenvalue weighted by molar-refractivity contribution is -0.115. The highest BCUT2D eigenvalue weighted by Crippen LogP contribution is 2.20. The van der Waals surface area contributed by atoms with Crippen LogP contribution in [0.3, 0.4) is 0 Å². The molecule has 2 rings (SSSR count). The van der Waals surface area contributed by atoms with Crippen molar-refractivity contribution in [2.75, 3.05) is 5.32 Å². The van der Waals surface area contributed by atoms with Crippen LogP contribution in [0.5, 0.6) is 0 Å². The van der Waals surface area contributed by atoms with E-state index in [-0.39, 0.29) is 11.5 Å². The average molecular weight is 310 g/mol. The molecular weight excluding hydrogens is 298 g/mol. The van der Waals surface area contributed by atoms with Gasteiger partial charge in [0.05, 0.1) is 5.25 Å². The minimum atomic E-state index is -0.403. The van der Waals surface area contributed by atoms with Crippen LogP contribution in [-0.4, -0.2) is 21.1 Å². The summed E-state index contributed by atoms with van der Waals surface area (Å²) in [5.41, 5.74) is 0.384. The summed E-state index contributed by atoms with van der Waals surface area (Å²) in [4.78, 5) is 29.7. The number of anilines is 1. The van der Waals surface area contributed by atoms with E-state index in [0.717, 1.165) is 0 Å².